The Morgan fingerprint density at radius 3 is 2.86 bits per heavy atom. The van der Waals surface area contributed by atoms with Crippen molar-refractivity contribution < 1.29 is 4.74 Å². The van der Waals surface area contributed by atoms with Crippen LogP contribution in [0.4, 0.5) is 0 Å². The van der Waals surface area contributed by atoms with Crippen LogP contribution in [0.3, 0.4) is 0 Å². The van der Waals surface area contributed by atoms with Gasteiger partial charge in [0.2, 0.25) is 0 Å². The van der Waals surface area contributed by atoms with Crippen LogP contribution in [0, 0.1) is 17.8 Å². The van der Waals surface area contributed by atoms with E-state index in [1.807, 2.05) is 10.9 Å². The minimum atomic E-state index is 0.100. The van der Waals surface area contributed by atoms with Crippen molar-refractivity contribution in [2.75, 3.05) is 6.61 Å². The van der Waals surface area contributed by atoms with Crippen molar-refractivity contribution in [1.82, 2.24) is 9.78 Å². The van der Waals surface area contributed by atoms with E-state index in [0.717, 1.165) is 35.9 Å². The fraction of sp³-hybridized carbons (Fsp3) is 0.500. The Morgan fingerprint density at radius 2 is 2.10 bits per heavy atom. The summed E-state index contributed by atoms with van der Waals surface area (Å²) in [5, 5.41) is 5.68. The molecule has 2 fully saturated rings. The van der Waals surface area contributed by atoms with E-state index in [1.165, 1.54) is 25.7 Å². The van der Waals surface area contributed by atoms with Crippen LogP contribution in [0.5, 0.6) is 0 Å². The average Bonchev–Trinajstić information content (AvgIpc) is 2.90. The molecule has 3 heteroatoms. The number of hydrogen-bond donors (Lipinski definition) is 0. The van der Waals surface area contributed by atoms with Gasteiger partial charge in [-0.3, -0.25) is 0 Å². The maximum Gasteiger partial charge on any atom is 0.150 e. The molecular formula is C18H20N2O. The Labute approximate surface area is 125 Å². The molecule has 2 heterocycles. The van der Waals surface area contributed by atoms with Crippen LogP contribution < -0.4 is 0 Å². The lowest BCUT2D eigenvalue weighted by molar-refractivity contribution is -0.0366. The highest BCUT2D eigenvalue weighted by atomic mass is 16.5. The number of ether oxygens (including phenoxy) is 1. The van der Waals surface area contributed by atoms with Gasteiger partial charge in [-0.1, -0.05) is 18.3 Å². The Kier molecular flexibility index (Phi) is 3.40. The Morgan fingerprint density at radius 1 is 1.14 bits per heavy atom. The summed E-state index contributed by atoms with van der Waals surface area (Å²) in [5.41, 5.74) is 2.25. The first-order valence-electron chi connectivity index (χ1n) is 8.00. The van der Waals surface area contributed by atoms with Crippen molar-refractivity contribution in [2.45, 2.75) is 44.8 Å². The predicted molar refractivity (Wildman–Crippen MR) is 82.8 cm³/mol. The lowest BCUT2D eigenvalue weighted by Gasteiger charge is -2.23. The molecule has 108 valence electrons. The predicted octanol–water partition coefficient (Wildman–Crippen LogP) is 3.89. The third kappa shape index (κ3) is 2.56. The topological polar surface area (TPSA) is 27.1 Å². The summed E-state index contributed by atoms with van der Waals surface area (Å²) in [7, 11) is 0. The summed E-state index contributed by atoms with van der Waals surface area (Å²) in [5.74, 6) is 7.30. The zero-order valence-electron chi connectivity index (χ0n) is 12.2. The van der Waals surface area contributed by atoms with Crippen molar-refractivity contribution in [3.8, 4) is 11.8 Å². The molecule has 4 rings (SSSR count). The molecule has 0 radical (unpaired) electrons. The second kappa shape index (κ2) is 5.54. The van der Waals surface area contributed by atoms with Crippen LogP contribution in [0.1, 0.15) is 50.3 Å². The normalized spacial score (nSPS) is 22.6. The number of hydrogen-bond acceptors (Lipinski definition) is 2. The fourth-order valence-corrected chi connectivity index (χ4v) is 3.01. The largest absolute Gasteiger partial charge is 0.356 e. The van der Waals surface area contributed by atoms with E-state index in [9.17, 15) is 0 Å². The van der Waals surface area contributed by atoms with E-state index in [4.69, 9.17) is 4.74 Å². The van der Waals surface area contributed by atoms with Crippen molar-refractivity contribution in [3.63, 3.8) is 0 Å². The van der Waals surface area contributed by atoms with Gasteiger partial charge >= 0.3 is 0 Å². The SMILES string of the molecule is C(#CC1CCC1)c1ccc2c(cnn2C2CCCCO2)c1. The van der Waals surface area contributed by atoms with E-state index in [-0.39, 0.29) is 6.23 Å². The van der Waals surface area contributed by atoms with E-state index < -0.39 is 0 Å². The Bertz CT molecular complexity index is 697. The summed E-state index contributed by atoms with van der Waals surface area (Å²) in [6, 6.07) is 6.38. The molecule has 1 aromatic heterocycles. The van der Waals surface area contributed by atoms with Gasteiger partial charge in [0.05, 0.1) is 11.7 Å². The molecule has 1 atom stereocenters. The van der Waals surface area contributed by atoms with Crippen LogP contribution in [0.15, 0.2) is 24.4 Å². The van der Waals surface area contributed by atoms with Crippen LogP contribution in [0.2, 0.25) is 0 Å². The standard InChI is InChI=1S/C18H20N2O/c1-2-11-21-18(6-1)20-17-10-9-15(12-16(17)13-19-20)8-7-14-4-3-5-14/h9-10,12-14,18H,1-6,11H2. The molecule has 1 saturated heterocycles. The van der Waals surface area contributed by atoms with Crippen LogP contribution in [-0.2, 0) is 4.74 Å². The second-order valence-corrected chi connectivity index (χ2v) is 6.08. The van der Waals surface area contributed by atoms with Gasteiger partial charge in [-0.15, -0.1) is 0 Å². The maximum absolute atomic E-state index is 5.83. The molecule has 1 unspecified atom stereocenters. The highest BCUT2D eigenvalue weighted by Gasteiger charge is 2.18. The summed E-state index contributed by atoms with van der Waals surface area (Å²) in [4.78, 5) is 0. The number of aromatic nitrogens is 2. The third-order valence-corrected chi connectivity index (χ3v) is 4.55. The van der Waals surface area contributed by atoms with E-state index >= 15 is 0 Å². The van der Waals surface area contributed by atoms with Crippen LogP contribution >= 0.6 is 0 Å². The quantitative estimate of drug-likeness (QED) is 0.741. The van der Waals surface area contributed by atoms with Gasteiger partial charge in [-0.25, -0.2) is 4.68 Å². The Hall–Kier alpha value is -1.79. The molecule has 2 aromatic rings. The van der Waals surface area contributed by atoms with Gasteiger partial charge in [0.1, 0.15) is 0 Å². The molecule has 1 saturated carbocycles. The highest BCUT2D eigenvalue weighted by molar-refractivity contribution is 5.80. The molecule has 0 amide bonds. The van der Waals surface area contributed by atoms with Gasteiger partial charge in [0.25, 0.3) is 0 Å². The molecular weight excluding hydrogens is 260 g/mol. The van der Waals surface area contributed by atoms with Gasteiger partial charge in [-0.2, -0.15) is 5.10 Å². The molecule has 0 bridgehead atoms. The van der Waals surface area contributed by atoms with Crippen molar-refractivity contribution >= 4 is 10.9 Å². The number of nitrogens with zero attached hydrogens (tertiary/aromatic N) is 2. The summed E-state index contributed by atoms with van der Waals surface area (Å²) in [6.45, 7) is 0.844. The molecule has 0 spiro atoms. The van der Waals surface area contributed by atoms with Crippen LogP contribution in [0.25, 0.3) is 10.9 Å². The first kappa shape index (κ1) is 12.9. The average molecular weight is 280 g/mol. The lowest BCUT2D eigenvalue weighted by Crippen LogP contribution is -2.18. The zero-order valence-corrected chi connectivity index (χ0v) is 12.2. The van der Waals surface area contributed by atoms with Gasteiger partial charge in [0.15, 0.2) is 6.23 Å². The molecule has 1 aliphatic heterocycles. The van der Waals surface area contributed by atoms with E-state index in [1.54, 1.807) is 0 Å². The van der Waals surface area contributed by atoms with Gasteiger partial charge in [-0.05, 0) is 50.3 Å². The molecule has 2 aliphatic rings. The highest BCUT2D eigenvalue weighted by Crippen LogP contribution is 2.27. The molecule has 21 heavy (non-hydrogen) atoms. The first-order valence-corrected chi connectivity index (χ1v) is 8.00. The lowest BCUT2D eigenvalue weighted by atomic mass is 9.86. The minimum Gasteiger partial charge on any atom is -0.356 e. The summed E-state index contributed by atoms with van der Waals surface area (Å²) >= 11 is 0. The molecule has 1 aromatic carbocycles. The van der Waals surface area contributed by atoms with Crippen molar-refractivity contribution in [2.24, 2.45) is 5.92 Å². The Balaban J connectivity index is 1.61. The minimum absolute atomic E-state index is 0.100. The summed E-state index contributed by atoms with van der Waals surface area (Å²) in [6.07, 6.45) is 9.35. The molecule has 0 N–H and O–H groups in total. The number of fused-ring (bicyclic) bond motifs is 1. The van der Waals surface area contributed by atoms with E-state index in [0.29, 0.717) is 5.92 Å². The van der Waals surface area contributed by atoms with E-state index in [2.05, 4.69) is 35.1 Å². The van der Waals surface area contributed by atoms with Gasteiger partial charge < -0.3 is 4.74 Å². The smallest absolute Gasteiger partial charge is 0.150 e. The number of rotatable bonds is 1. The number of benzene rings is 1. The first-order chi connectivity index (χ1) is 10.4. The monoisotopic (exact) mass is 280 g/mol. The van der Waals surface area contributed by atoms with Crippen molar-refractivity contribution in [3.05, 3.63) is 30.0 Å². The molecule has 1 aliphatic carbocycles. The maximum atomic E-state index is 5.83. The second-order valence-electron chi connectivity index (χ2n) is 6.08. The summed E-state index contributed by atoms with van der Waals surface area (Å²) < 4.78 is 7.86. The van der Waals surface area contributed by atoms with Crippen LogP contribution in [-0.4, -0.2) is 16.4 Å². The molecule has 3 nitrogen and oxygen atoms in total. The van der Waals surface area contributed by atoms with Gasteiger partial charge in [0, 0.05) is 23.5 Å². The van der Waals surface area contributed by atoms with Crippen molar-refractivity contribution in [1.29, 1.82) is 0 Å². The third-order valence-electron chi connectivity index (χ3n) is 4.55. The fourth-order valence-electron chi connectivity index (χ4n) is 3.01. The zero-order chi connectivity index (χ0) is 14.1.